The zero-order valence-electron chi connectivity index (χ0n) is 12.5. The second-order valence-electron chi connectivity index (χ2n) is 6.34. The molecule has 1 fully saturated rings. The second kappa shape index (κ2) is 5.65. The van der Waals surface area contributed by atoms with Crippen LogP contribution in [0.2, 0.25) is 0 Å². The lowest BCUT2D eigenvalue weighted by atomic mass is 9.90. The van der Waals surface area contributed by atoms with Gasteiger partial charge >= 0.3 is 0 Å². The van der Waals surface area contributed by atoms with Crippen LogP contribution in [0, 0.1) is 5.41 Å². The van der Waals surface area contributed by atoms with E-state index in [1.165, 1.54) is 12.3 Å². The Hall–Kier alpha value is -1.01. The summed E-state index contributed by atoms with van der Waals surface area (Å²) in [5, 5.41) is 2.88. The molecule has 7 heteroatoms. The van der Waals surface area contributed by atoms with E-state index >= 15 is 0 Å². The molecule has 0 radical (unpaired) electrons. The average molecular weight is 333 g/mol. The molecule has 1 aliphatic carbocycles. The number of carbonyl (C=O) groups is 1. The lowest BCUT2D eigenvalue weighted by Gasteiger charge is -2.23. The van der Waals surface area contributed by atoms with Crippen molar-refractivity contribution < 1.29 is 13.2 Å². The van der Waals surface area contributed by atoms with Crippen molar-refractivity contribution in [2.45, 2.75) is 51.0 Å². The zero-order valence-corrected chi connectivity index (χ0v) is 14.1. The molecule has 0 spiro atoms. The van der Waals surface area contributed by atoms with Crippen molar-refractivity contribution in [2.24, 2.45) is 5.41 Å². The van der Waals surface area contributed by atoms with Gasteiger partial charge in [0.25, 0.3) is 15.0 Å². The van der Waals surface area contributed by atoms with Crippen LogP contribution in [0.4, 0.5) is 0 Å². The number of nitrogens with one attached hydrogen (secondary N) is 1. The molecule has 1 N–H and O–H groups in total. The molecule has 1 aliphatic rings. The Morgan fingerprint density at radius 1 is 1.48 bits per heavy atom. The molecule has 0 saturated heterocycles. The number of nitrogens with zero attached hydrogens (tertiary/aromatic N) is 1. The molecule has 1 saturated carbocycles. The smallest absolute Gasteiger partial charge is 0.267 e. The Balaban J connectivity index is 2.22. The summed E-state index contributed by atoms with van der Waals surface area (Å²) >= 11 is 0. The number of carbonyl (C=O) groups excluding carboxylic acids is 1. The van der Waals surface area contributed by atoms with Crippen molar-refractivity contribution in [1.82, 2.24) is 9.88 Å². The monoisotopic (exact) mass is 332 g/mol. The molecule has 1 heterocycles. The highest BCUT2D eigenvalue weighted by Gasteiger charge is 2.30. The average Bonchev–Trinajstić information content (AvgIpc) is 3.13. The van der Waals surface area contributed by atoms with Gasteiger partial charge in [-0.05, 0) is 30.7 Å². The fourth-order valence-corrected chi connectivity index (χ4v) is 2.70. The molecule has 0 bridgehead atoms. The van der Waals surface area contributed by atoms with E-state index in [-0.39, 0.29) is 22.3 Å². The summed E-state index contributed by atoms with van der Waals surface area (Å²) in [6.45, 7) is 6.75. The first-order valence-corrected chi connectivity index (χ1v) is 9.40. The summed E-state index contributed by atoms with van der Waals surface area (Å²) in [5.41, 5.74) is 0.372. The van der Waals surface area contributed by atoms with Gasteiger partial charge < -0.3 is 9.88 Å². The Morgan fingerprint density at radius 3 is 2.57 bits per heavy atom. The van der Waals surface area contributed by atoms with Crippen molar-refractivity contribution in [3.8, 4) is 0 Å². The standard InChI is InChI=1S/C14H21ClN2O3S/c1-4-14(2,3)9-16-13(18)12-7-11(21(15,19)20)8-17(12)10-5-6-10/h7-8,10H,4-6,9H2,1-3H3,(H,16,18). The quantitative estimate of drug-likeness (QED) is 0.814. The minimum absolute atomic E-state index is 0.00799. The van der Waals surface area contributed by atoms with Gasteiger partial charge in [-0.15, -0.1) is 0 Å². The van der Waals surface area contributed by atoms with Crippen LogP contribution in [-0.2, 0) is 9.05 Å². The van der Waals surface area contributed by atoms with Crippen LogP contribution in [0.5, 0.6) is 0 Å². The summed E-state index contributed by atoms with van der Waals surface area (Å²) in [6.07, 6.45) is 4.31. The van der Waals surface area contributed by atoms with Gasteiger partial charge in [0.1, 0.15) is 10.6 Å². The van der Waals surface area contributed by atoms with Gasteiger partial charge in [-0.2, -0.15) is 0 Å². The van der Waals surface area contributed by atoms with Crippen LogP contribution in [0.3, 0.4) is 0 Å². The van der Waals surface area contributed by atoms with Gasteiger partial charge in [-0.25, -0.2) is 8.42 Å². The third-order valence-electron chi connectivity index (χ3n) is 3.96. The van der Waals surface area contributed by atoms with Crippen molar-refractivity contribution in [3.05, 3.63) is 18.0 Å². The minimum atomic E-state index is -3.82. The second-order valence-corrected chi connectivity index (χ2v) is 8.90. The summed E-state index contributed by atoms with van der Waals surface area (Å²) < 4.78 is 24.6. The number of halogens is 1. The van der Waals surface area contributed by atoms with Crippen molar-refractivity contribution in [2.75, 3.05) is 6.54 Å². The largest absolute Gasteiger partial charge is 0.350 e. The van der Waals surface area contributed by atoms with Crippen molar-refractivity contribution >= 4 is 25.6 Å². The molecule has 5 nitrogen and oxygen atoms in total. The van der Waals surface area contributed by atoms with Gasteiger partial charge in [0.2, 0.25) is 0 Å². The predicted octanol–water partition coefficient (Wildman–Crippen LogP) is 2.92. The number of aromatic nitrogens is 1. The zero-order chi connectivity index (χ0) is 15.8. The van der Waals surface area contributed by atoms with E-state index in [1.54, 1.807) is 4.57 Å². The van der Waals surface area contributed by atoms with E-state index in [0.29, 0.717) is 12.2 Å². The number of hydrogen-bond donors (Lipinski definition) is 1. The Labute approximate surface area is 130 Å². The summed E-state index contributed by atoms with van der Waals surface area (Å²) in [5.74, 6) is -0.255. The van der Waals surface area contributed by atoms with E-state index in [9.17, 15) is 13.2 Å². The van der Waals surface area contributed by atoms with Crippen LogP contribution in [0.25, 0.3) is 0 Å². The third-order valence-corrected chi connectivity index (χ3v) is 5.28. The summed E-state index contributed by atoms with van der Waals surface area (Å²) in [7, 11) is 1.55. The van der Waals surface area contributed by atoms with Gasteiger partial charge in [0.05, 0.1) is 0 Å². The minimum Gasteiger partial charge on any atom is -0.350 e. The first kappa shape index (κ1) is 16.4. The van der Waals surface area contributed by atoms with Crippen LogP contribution in [-0.4, -0.2) is 25.4 Å². The molecule has 0 unspecified atom stereocenters. The number of amides is 1. The molecule has 2 rings (SSSR count). The topological polar surface area (TPSA) is 68.2 Å². The normalized spacial score (nSPS) is 16.0. The molecule has 0 atom stereocenters. The predicted molar refractivity (Wildman–Crippen MR) is 82.1 cm³/mol. The fourth-order valence-electron chi connectivity index (χ4n) is 1.96. The van der Waals surface area contributed by atoms with Crippen LogP contribution in [0.1, 0.15) is 56.6 Å². The Morgan fingerprint density at radius 2 is 2.10 bits per heavy atom. The Kier molecular flexibility index (Phi) is 4.40. The lowest BCUT2D eigenvalue weighted by Crippen LogP contribution is -2.34. The highest BCUT2D eigenvalue weighted by atomic mass is 35.7. The maximum absolute atomic E-state index is 12.3. The van der Waals surface area contributed by atoms with E-state index in [0.717, 1.165) is 19.3 Å². The Bertz CT molecular complexity index is 645. The fraction of sp³-hybridized carbons (Fsp3) is 0.643. The first-order chi connectivity index (χ1) is 9.64. The van der Waals surface area contributed by atoms with Crippen LogP contribution in [0.15, 0.2) is 17.2 Å². The molecule has 1 aromatic heterocycles. The molecule has 0 aromatic carbocycles. The van der Waals surface area contributed by atoms with Crippen molar-refractivity contribution in [3.63, 3.8) is 0 Å². The van der Waals surface area contributed by atoms with E-state index in [2.05, 4.69) is 26.1 Å². The van der Waals surface area contributed by atoms with Crippen LogP contribution >= 0.6 is 10.7 Å². The van der Waals surface area contributed by atoms with E-state index < -0.39 is 9.05 Å². The summed E-state index contributed by atoms with van der Waals surface area (Å²) in [4.78, 5) is 12.3. The maximum Gasteiger partial charge on any atom is 0.267 e. The molecular weight excluding hydrogens is 312 g/mol. The van der Waals surface area contributed by atoms with Gasteiger partial charge in [0.15, 0.2) is 0 Å². The molecule has 0 aliphatic heterocycles. The van der Waals surface area contributed by atoms with Gasteiger partial charge in [-0.3, -0.25) is 4.79 Å². The highest BCUT2D eigenvalue weighted by Crippen LogP contribution is 2.37. The first-order valence-electron chi connectivity index (χ1n) is 7.09. The SMILES string of the molecule is CCC(C)(C)CNC(=O)c1cc(S(=O)(=O)Cl)cn1C1CC1. The van der Waals surface area contributed by atoms with E-state index in [4.69, 9.17) is 10.7 Å². The van der Waals surface area contributed by atoms with E-state index in [1.807, 2.05) is 0 Å². The van der Waals surface area contributed by atoms with Crippen molar-refractivity contribution in [1.29, 1.82) is 0 Å². The van der Waals surface area contributed by atoms with Gasteiger partial charge in [-0.1, -0.05) is 20.8 Å². The molecular formula is C14H21ClN2O3S. The molecule has 118 valence electrons. The number of hydrogen-bond acceptors (Lipinski definition) is 3. The molecule has 1 amide bonds. The third kappa shape index (κ3) is 4.01. The molecule has 21 heavy (non-hydrogen) atoms. The van der Waals surface area contributed by atoms with Crippen LogP contribution < -0.4 is 5.32 Å². The lowest BCUT2D eigenvalue weighted by molar-refractivity contribution is 0.0926. The number of rotatable bonds is 6. The summed E-state index contributed by atoms with van der Waals surface area (Å²) in [6, 6.07) is 1.56. The molecule has 1 aromatic rings. The van der Waals surface area contributed by atoms with Gasteiger partial charge in [0, 0.05) is 29.5 Å². The maximum atomic E-state index is 12.3. The highest BCUT2D eigenvalue weighted by molar-refractivity contribution is 8.13.